The second-order valence-electron chi connectivity index (χ2n) is 9.63. The molecule has 2 aromatic heterocycles. The van der Waals surface area contributed by atoms with Gasteiger partial charge in [-0.15, -0.1) is 11.3 Å². The van der Waals surface area contributed by atoms with Crippen LogP contribution in [-0.2, 0) is 16.1 Å². The topological polar surface area (TPSA) is 55.3 Å². The zero-order chi connectivity index (χ0) is 22.2. The Labute approximate surface area is 188 Å². The van der Waals surface area contributed by atoms with Crippen LogP contribution in [0.1, 0.15) is 37.9 Å². The average Bonchev–Trinajstić information content (AvgIpc) is 3.14. The maximum Gasteiger partial charge on any atom is 0.309 e. The highest BCUT2D eigenvalue weighted by Gasteiger charge is 2.37. The van der Waals surface area contributed by atoms with Crippen molar-refractivity contribution < 1.29 is 9.53 Å². The number of rotatable bonds is 4. The van der Waals surface area contributed by atoms with Crippen molar-refractivity contribution in [3.8, 4) is 11.3 Å². The van der Waals surface area contributed by atoms with Gasteiger partial charge >= 0.3 is 5.97 Å². The number of fused-ring (bicyclic) bond motifs is 1. The molecule has 2 atom stereocenters. The Bertz CT molecular complexity index is 1070. The van der Waals surface area contributed by atoms with Crippen molar-refractivity contribution in [3.63, 3.8) is 0 Å². The molecule has 164 valence electrons. The number of ether oxygens (including phenoxy) is 1. The smallest absolute Gasteiger partial charge is 0.309 e. The molecule has 0 bridgehead atoms. The van der Waals surface area contributed by atoms with Crippen molar-refractivity contribution in [1.82, 2.24) is 14.9 Å². The van der Waals surface area contributed by atoms with Gasteiger partial charge in [0.2, 0.25) is 0 Å². The van der Waals surface area contributed by atoms with Gasteiger partial charge in [0.05, 0.1) is 18.7 Å². The first-order valence-electron chi connectivity index (χ1n) is 10.9. The highest BCUT2D eigenvalue weighted by Crippen LogP contribution is 2.38. The van der Waals surface area contributed by atoms with Crippen LogP contribution < -0.4 is 0 Å². The number of carbonyl (C=O) groups is 1. The van der Waals surface area contributed by atoms with Gasteiger partial charge in [0, 0.05) is 35.5 Å². The number of piperidine rings is 1. The van der Waals surface area contributed by atoms with Gasteiger partial charge in [-0.3, -0.25) is 9.69 Å². The molecule has 1 aliphatic heterocycles. The number of methoxy groups -OCH3 is 1. The Morgan fingerprint density at radius 3 is 2.61 bits per heavy atom. The minimum Gasteiger partial charge on any atom is -0.469 e. The lowest BCUT2D eigenvalue weighted by Gasteiger charge is -2.42. The molecule has 1 saturated heterocycles. The minimum atomic E-state index is -0.0943. The lowest BCUT2D eigenvalue weighted by molar-refractivity contribution is -0.149. The van der Waals surface area contributed by atoms with Crippen LogP contribution in [0.4, 0.5) is 0 Å². The number of thiophene rings is 1. The Balaban J connectivity index is 1.64. The highest BCUT2D eigenvalue weighted by molar-refractivity contribution is 7.18. The minimum absolute atomic E-state index is 0.0701. The largest absolute Gasteiger partial charge is 0.469 e. The van der Waals surface area contributed by atoms with Gasteiger partial charge in [0.25, 0.3) is 0 Å². The first-order chi connectivity index (χ1) is 14.7. The zero-order valence-electron chi connectivity index (χ0n) is 19.0. The third kappa shape index (κ3) is 4.80. The zero-order valence-corrected chi connectivity index (χ0v) is 19.8. The molecule has 3 aromatic rings. The SMILES string of the molecule is COC(=O)[C@@H]1C[C@@H](C(C)(C)C)CN(Cc2cc3c(-c4ccccc4)nc(C)nc3s2)C1. The highest BCUT2D eigenvalue weighted by atomic mass is 32.1. The number of benzene rings is 1. The number of esters is 1. The van der Waals surface area contributed by atoms with Crippen molar-refractivity contribution in [2.75, 3.05) is 20.2 Å². The fourth-order valence-electron chi connectivity index (χ4n) is 4.48. The molecule has 6 heteroatoms. The lowest BCUT2D eigenvalue weighted by Crippen LogP contribution is -2.46. The molecule has 0 unspecified atom stereocenters. The van der Waals surface area contributed by atoms with Crippen molar-refractivity contribution >= 4 is 27.5 Å². The van der Waals surface area contributed by atoms with Crippen LogP contribution in [-0.4, -0.2) is 41.0 Å². The van der Waals surface area contributed by atoms with E-state index in [0.717, 1.165) is 53.4 Å². The molecule has 1 aliphatic rings. The van der Waals surface area contributed by atoms with Crippen LogP contribution in [0.15, 0.2) is 36.4 Å². The number of carbonyl (C=O) groups excluding carboxylic acids is 1. The maximum atomic E-state index is 12.4. The quantitative estimate of drug-likeness (QED) is 0.517. The number of nitrogens with zero attached hydrogens (tertiary/aromatic N) is 3. The van der Waals surface area contributed by atoms with Gasteiger partial charge in [0.15, 0.2) is 0 Å². The summed E-state index contributed by atoms with van der Waals surface area (Å²) in [6.07, 6.45) is 0.891. The number of hydrogen-bond acceptors (Lipinski definition) is 6. The average molecular weight is 438 g/mol. The Kier molecular flexibility index (Phi) is 6.13. The molecule has 0 saturated carbocycles. The summed E-state index contributed by atoms with van der Waals surface area (Å²) in [4.78, 5) is 26.5. The van der Waals surface area contributed by atoms with E-state index in [1.165, 1.54) is 12.0 Å². The summed E-state index contributed by atoms with van der Waals surface area (Å²) in [7, 11) is 1.49. The molecule has 0 spiro atoms. The Morgan fingerprint density at radius 1 is 1.19 bits per heavy atom. The van der Waals surface area contributed by atoms with E-state index in [4.69, 9.17) is 14.7 Å². The monoisotopic (exact) mass is 437 g/mol. The molecule has 4 rings (SSSR count). The first kappa shape index (κ1) is 21.9. The second kappa shape index (κ2) is 8.67. The maximum absolute atomic E-state index is 12.4. The van der Waals surface area contributed by atoms with E-state index in [0.29, 0.717) is 5.92 Å². The summed E-state index contributed by atoms with van der Waals surface area (Å²) in [5.74, 6) is 1.07. The summed E-state index contributed by atoms with van der Waals surface area (Å²) in [5, 5.41) is 1.10. The van der Waals surface area contributed by atoms with Gasteiger partial charge in [-0.1, -0.05) is 51.1 Å². The summed E-state index contributed by atoms with van der Waals surface area (Å²) in [6, 6.07) is 12.5. The second-order valence-corrected chi connectivity index (χ2v) is 10.7. The normalized spacial score (nSPS) is 20.2. The van der Waals surface area contributed by atoms with Crippen molar-refractivity contribution in [3.05, 3.63) is 47.1 Å². The van der Waals surface area contributed by atoms with Gasteiger partial charge < -0.3 is 4.74 Å². The van der Waals surface area contributed by atoms with E-state index in [-0.39, 0.29) is 17.3 Å². The number of likely N-dealkylation sites (tertiary alicyclic amines) is 1. The fraction of sp³-hybridized carbons (Fsp3) is 0.480. The summed E-state index contributed by atoms with van der Waals surface area (Å²) in [6.45, 7) is 11.3. The van der Waals surface area contributed by atoms with Gasteiger partial charge in [-0.2, -0.15) is 0 Å². The molecule has 31 heavy (non-hydrogen) atoms. The number of hydrogen-bond donors (Lipinski definition) is 0. The Morgan fingerprint density at radius 2 is 1.94 bits per heavy atom. The standard InChI is InChI=1S/C25H31N3O2S/c1-16-26-22(17-9-7-6-8-10-17)21-12-20(31-23(21)27-16)15-28-13-18(24(29)30-5)11-19(14-28)25(2,3)4/h6-10,12,18-19H,11,13-15H2,1-5H3/t18-,19-/m1/s1. The molecular weight excluding hydrogens is 406 g/mol. The molecule has 3 heterocycles. The van der Waals surface area contributed by atoms with E-state index in [2.05, 4.69) is 43.9 Å². The van der Waals surface area contributed by atoms with E-state index in [1.54, 1.807) is 11.3 Å². The third-order valence-corrected chi connectivity index (χ3v) is 7.28. The van der Waals surface area contributed by atoms with Crippen LogP contribution in [0.25, 0.3) is 21.5 Å². The lowest BCUT2D eigenvalue weighted by atomic mass is 9.73. The molecule has 5 nitrogen and oxygen atoms in total. The number of aryl methyl sites for hydroxylation is 1. The Hall–Kier alpha value is -2.31. The van der Waals surface area contributed by atoms with Gasteiger partial charge in [-0.05, 0) is 30.7 Å². The van der Waals surface area contributed by atoms with E-state index < -0.39 is 0 Å². The molecular formula is C25H31N3O2S. The van der Waals surface area contributed by atoms with E-state index >= 15 is 0 Å². The van der Waals surface area contributed by atoms with Crippen LogP contribution in [0.2, 0.25) is 0 Å². The van der Waals surface area contributed by atoms with E-state index in [9.17, 15) is 4.79 Å². The van der Waals surface area contributed by atoms with Gasteiger partial charge in [0.1, 0.15) is 10.7 Å². The fourth-order valence-corrected chi connectivity index (χ4v) is 5.59. The molecule has 0 radical (unpaired) electrons. The molecule has 0 aliphatic carbocycles. The van der Waals surface area contributed by atoms with E-state index in [1.807, 2.05) is 25.1 Å². The molecule has 1 fully saturated rings. The molecule has 0 N–H and O–H groups in total. The number of aromatic nitrogens is 2. The van der Waals surface area contributed by atoms with Crippen LogP contribution >= 0.6 is 11.3 Å². The molecule has 0 amide bonds. The van der Waals surface area contributed by atoms with Crippen LogP contribution in [0.3, 0.4) is 0 Å². The summed E-state index contributed by atoms with van der Waals surface area (Å²) >= 11 is 1.73. The third-order valence-electron chi connectivity index (χ3n) is 6.27. The first-order valence-corrected chi connectivity index (χ1v) is 11.7. The predicted molar refractivity (Wildman–Crippen MR) is 126 cm³/mol. The summed E-state index contributed by atoms with van der Waals surface area (Å²) in [5.41, 5.74) is 2.25. The van der Waals surface area contributed by atoms with Crippen LogP contribution in [0.5, 0.6) is 0 Å². The predicted octanol–water partition coefficient (Wildman–Crippen LogP) is 5.32. The van der Waals surface area contributed by atoms with Crippen molar-refractivity contribution in [1.29, 1.82) is 0 Å². The van der Waals surface area contributed by atoms with Gasteiger partial charge in [-0.25, -0.2) is 9.97 Å². The van der Waals surface area contributed by atoms with Crippen molar-refractivity contribution in [2.24, 2.45) is 17.3 Å². The molecule has 1 aromatic carbocycles. The van der Waals surface area contributed by atoms with Crippen LogP contribution in [0, 0.1) is 24.2 Å². The van der Waals surface area contributed by atoms with Crippen molar-refractivity contribution in [2.45, 2.75) is 40.7 Å². The summed E-state index contributed by atoms with van der Waals surface area (Å²) < 4.78 is 5.09.